The van der Waals surface area contributed by atoms with Crippen LogP contribution in [0.15, 0.2) is 27.4 Å². The minimum Gasteiger partial charge on any atom is -0.492 e. The number of aromatic hydroxyl groups is 2. The number of fused-ring (bicyclic) bond motifs is 1. The Balaban J connectivity index is 2.05. The summed E-state index contributed by atoms with van der Waals surface area (Å²) in [5, 5.41) is 17.9. The van der Waals surface area contributed by atoms with E-state index in [-0.39, 0.29) is 4.73 Å². The average Bonchev–Trinajstić information content (AvgIpc) is 3.00. The molecule has 0 saturated heterocycles. The van der Waals surface area contributed by atoms with Crippen LogP contribution in [-0.2, 0) is 9.53 Å². The molecule has 0 fully saturated rings. The van der Waals surface area contributed by atoms with E-state index in [0.717, 1.165) is 19.1 Å². The van der Waals surface area contributed by atoms with Crippen LogP contribution in [0.3, 0.4) is 0 Å². The predicted octanol–water partition coefficient (Wildman–Crippen LogP) is 1.59. The largest absolute Gasteiger partial charge is 0.492 e. The summed E-state index contributed by atoms with van der Waals surface area (Å²) in [6, 6.07) is 2.36. The molecule has 2 N–H and O–H groups in total. The standard InChI is InChI=1S/C17H10F3NO9/c1-6(22)27-5-28-15-12(19)11(18)7-4-8(16(25)29-14(7)13(15)20)17(26)30-21-9(23)2-3-10(21)24/h2-4,23-24H,5H2,1H3. The van der Waals surface area contributed by atoms with Crippen LogP contribution >= 0.6 is 0 Å². The van der Waals surface area contributed by atoms with Crippen molar-refractivity contribution in [3.05, 3.63) is 51.6 Å². The third kappa shape index (κ3) is 3.59. The number of benzene rings is 1. The van der Waals surface area contributed by atoms with Crippen molar-refractivity contribution < 1.29 is 51.7 Å². The number of rotatable bonds is 5. The Labute approximate surface area is 163 Å². The molecule has 0 aliphatic rings. The second-order valence-electron chi connectivity index (χ2n) is 5.58. The van der Waals surface area contributed by atoms with Crippen molar-refractivity contribution in [2.75, 3.05) is 6.79 Å². The number of hydrogen-bond donors (Lipinski definition) is 2. The maximum Gasteiger partial charge on any atom is 0.371 e. The molecule has 0 aliphatic carbocycles. The van der Waals surface area contributed by atoms with Crippen molar-refractivity contribution in [2.45, 2.75) is 6.92 Å². The fourth-order valence-corrected chi connectivity index (χ4v) is 2.28. The SMILES string of the molecule is CC(=O)OCOc1c(F)c(F)c2cc(C(=O)On3c(O)ccc3O)c(=O)oc2c1F. The van der Waals surface area contributed by atoms with E-state index in [1.54, 1.807) is 0 Å². The molecule has 2 aromatic heterocycles. The monoisotopic (exact) mass is 429 g/mol. The number of esters is 1. The molecule has 3 aromatic rings. The second-order valence-corrected chi connectivity index (χ2v) is 5.58. The van der Waals surface area contributed by atoms with E-state index >= 15 is 0 Å². The summed E-state index contributed by atoms with van der Waals surface area (Å²) < 4.78 is 56.7. The van der Waals surface area contributed by atoms with Crippen molar-refractivity contribution >= 4 is 22.9 Å². The second kappa shape index (κ2) is 7.69. The number of halogens is 3. The van der Waals surface area contributed by atoms with Gasteiger partial charge in [0.05, 0.1) is 5.39 Å². The highest BCUT2D eigenvalue weighted by atomic mass is 19.2. The van der Waals surface area contributed by atoms with Gasteiger partial charge in [0.25, 0.3) is 0 Å². The Kier molecular flexibility index (Phi) is 5.27. The van der Waals surface area contributed by atoms with Crippen molar-refractivity contribution in [1.82, 2.24) is 4.73 Å². The molecule has 2 heterocycles. The third-order valence-corrected chi connectivity index (χ3v) is 3.63. The number of carbonyl (C=O) groups excluding carboxylic acids is 2. The first-order valence-corrected chi connectivity index (χ1v) is 7.84. The smallest absolute Gasteiger partial charge is 0.371 e. The van der Waals surface area contributed by atoms with Crippen molar-refractivity contribution in [1.29, 1.82) is 0 Å². The van der Waals surface area contributed by atoms with Gasteiger partial charge < -0.3 is 28.9 Å². The molecule has 3 rings (SSSR count). The molecule has 30 heavy (non-hydrogen) atoms. The van der Waals surface area contributed by atoms with E-state index in [4.69, 9.17) is 0 Å². The summed E-state index contributed by atoms with van der Waals surface area (Å²) >= 11 is 0. The van der Waals surface area contributed by atoms with Gasteiger partial charge in [-0.3, -0.25) is 4.79 Å². The van der Waals surface area contributed by atoms with E-state index < -0.39 is 75.9 Å². The molecule has 0 unspecified atom stereocenters. The quantitative estimate of drug-likeness (QED) is 0.268. The van der Waals surface area contributed by atoms with Gasteiger partial charge in [-0.05, 0) is 6.07 Å². The maximum atomic E-state index is 14.5. The zero-order chi connectivity index (χ0) is 22.2. The Hall–Kier alpha value is -4.16. The third-order valence-electron chi connectivity index (χ3n) is 3.63. The summed E-state index contributed by atoms with van der Waals surface area (Å²) in [5.74, 6) is -10.4. The molecule has 13 heteroatoms. The highest BCUT2D eigenvalue weighted by molar-refractivity contribution is 5.93. The number of nitrogens with zero attached hydrogens (tertiary/aromatic N) is 1. The Bertz CT molecular complexity index is 1210. The molecule has 158 valence electrons. The van der Waals surface area contributed by atoms with Gasteiger partial charge in [0.2, 0.25) is 35.9 Å². The lowest BCUT2D eigenvalue weighted by atomic mass is 10.1. The topological polar surface area (TPSA) is 137 Å². The van der Waals surface area contributed by atoms with Crippen molar-refractivity contribution in [2.24, 2.45) is 0 Å². The molecule has 10 nitrogen and oxygen atoms in total. The predicted molar refractivity (Wildman–Crippen MR) is 88.3 cm³/mol. The summed E-state index contributed by atoms with van der Waals surface area (Å²) in [5.41, 5.74) is -3.59. The lowest BCUT2D eigenvalue weighted by Gasteiger charge is -2.11. The lowest BCUT2D eigenvalue weighted by molar-refractivity contribution is -0.147. The van der Waals surface area contributed by atoms with Crippen LogP contribution in [0.5, 0.6) is 17.5 Å². The van der Waals surface area contributed by atoms with Crippen LogP contribution in [0, 0.1) is 17.5 Å². The highest BCUT2D eigenvalue weighted by Crippen LogP contribution is 2.32. The number of aromatic nitrogens is 1. The van der Waals surface area contributed by atoms with Crippen LogP contribution < -0.4 is 15.2 Å². The van der Waals surface area contributed by atoms with Gasteiger partial charge in [0, 0.05) is 19.1 Å². The number of carbonyl (C=O) groups is 2. The van der Waals surface area contributed by atoms with Crippen LogP contribution in [0.2, 0.25) is 0 Å². The maximum absolute atomic E-state index is 14.5. The van der Waals surface area contributed by atoms with E-state index in [1.807, 2.05) is 0 Å². The molecule has 0 aliphatic heterocycles. The van der Waals surface area contributed by atoms with Crippen LogP contribution in [0.4, 0.5) is 13.2 Å². The molecule has 1 aromatic carbocycles. The molecule has 0 bridgehead atoms. The molecule has 0 atom stereocenters. The molecular formula is C17H10F3NO9. The van der Waals surface area contributed by atoms with Crippen LogP contribution in [0.1, 0.15) is 17.3 Å². The van der Waals surface area contributed by atoms with Crippen molar-refractivity contribution in [3.8, 4) is 17.5 Å². The number of ether oxygens (including phenoxy) is 2. The highest BCUT2D eigenvalue weighted by Gasteiger charge is 2.27. The summed E-state index contributed by atoms with van der Waals surface area (Å²) in [6.45, 7) is 0.0382. The Morgan fingerprint density at radius 3 is 2.33 bits per heavy atom. The fourth-order valence-electron chi connectivity index (χ4n) is 2.28. The summed E-state index contributed by atoms with van der Waals surface area (Å²) in [7, 11) is 0. The first-order valence-electron chi connectivity index (χ1n) is 7.84. The average molecular weight is 429 g/mol. The van der Waals surface area contributed by atoms with Crippen LogP contribution in [-0.4, -0.2) is 33.7 Å². The summed E-state index contributed by atoms with van der Waals surface area (Å²) in [4.78, 5) is 39.4. The Morgan fingerprint density at radius 1 is 1.10 bits per heavy atom. The fraction of sp³-hybridized carbons (Fsp3) is 0.118. The van der Waals surface area contributed by atoms with E-state index in [0.29, 0.717) is 6.07 Å². The van der Waals surface area contributed by atoms with Crippen molar-refractivity contribution in [3.63, 3.8) is 0 Å². The normalized spacial score (nSPS) is 10.8. The zero-order valence-electron chi connectivity index (χ0n) is 14.8. The van der Waals surface area contributed by atoms with Gasteiger partial charge in [-0.15, -0.1) is 4.73 Å². The van der Waals surface area contributed by atoms with Gasteiger partial charge in [-0.25, -0.2) is 14.0 Å². The van der Waals surface area contributed by atoms with Crippen LogP contribution in [0.25, 0.3) is 11.0 Å². The molecular weight excluding hydrogens is 419 g/mol. The van der Waals surface area contributed by atoms with E-state index in [1.165, 1.54) is 0 Å². The Morgan fingerprint density at radius 2 is 1.73 bits per heavy atom. The number of hydrogen-bond acceptors (Lipinski definition) is 9. The van der Waals surface area contributed by atoms with Gasteiger partial charge in [0.1, 0.15) is 5.56 Å². The lowest BCUT2D eigenvalue weighted by Crippen LogP contribution is -2.25. The minimum absolute atomic E-state index is 0.232. The van der Waals surface area contributed by atoms with Gasteiger partial charge in [0.15, 0.2) is 11.4 Å². The van der Waals surface area contributed by atoms with E-state index in [2.05, 4.69) is 18.7 Å². The van der Waals surface area contributed by atoms with Gasteiger partial charge in [-0.1, -0.05) is 0 Å². The first-order chi connectivity index (χ1) is 14.1. The molecule has 0 radical (unpaired) electrons. The molecule has 0 saturated carbocycles. The first kappa shape index (κ1) is 20.6. The molecule has 0 spiro atoms. The summed E-state index contributed by atoms with van der Waals surface area (Å²) in [6.07, 6.45) is 0. The van der Waals surface area contributed by atoms with E-state index in [9.17, 15) is 37.8 Å². The minimum atomic E-state index is -1.85. The molecule has 0 amide bonds. The van der Waals surface area contributed by atoms with Gasteiger partial charge in [-0.2, -0.15) is 8.78 Å². The zero-order valence-corrected chi connectivity index (χ0v) is 14.8. The van der Waals surface area contributed by atoms with Gasteiger partial charge >= 0.3 is 17.6 Å².